The third-order valence-corrected chi connectivity index (χ3v) is 13.9. The number of pyridine rings is 2. The van der Waals surface area contributed by atoms with E-state index in [1.165, 1.54) is 41.1 Å². The van der Waals surface area contributed by atoms with Crippen LogP contribution in [0.1, 0.15) is 66.2 Å². The Balaban J connectivity index is 0.953. The number of fused-ring (bicyclic) bond motifs is 2. The molecule has 3 aliphatic rings. The van der Waals surface area contributed by atoms with E-state index in [9.17, 15) is 27.7 Å². The van der Waals surface area contributed by atoms with Gasteiger partial charge < -0.3 is 19.4 Å². The smallest absolute Gasteiger partial charge is 0.277 e. The number of nitrogens with zero attached hydrogens (tertiary/aromatic N) is 5. The van der Waals surface area contributed by atoms with Crippen LogP contribution in [0.15, 0.2) is 108 Å². The van der Waals surface area contributed by atoms with Crippen molar-refractivity contribution in [2.45, 2.75) is 50.3 Å². The minimum atomic E-state index is -4.69. The molecule has 3 aromatic carbocycles. The van der Waals surface area contributed by atoms with Crippen LogP contribution in [-0.4, -0.2) is 78.4 Å². The molecule has 1 fully saturated rings. The van der Waals surface area contributed by atoms with Crippen LogP contribution in [0.3, 0.4) is 0 Å². The fourth-order valence-electron chi connectivity index (χ4n) is 8.79. The summed E-state index contributed by atoms with van der Waals surface area (Å²) in [5, 5.41) is 13.8. The highest BCUT2D eigenvalue weighted by Crippen LogP contribution is 2.44. The predicted molar refractivity (Wildman–Crippen MR) is 241 cm³/mol. The third-order valence-electron chi connectivity index (χ3n) is 12.3. The maximum absolute atomic E-state index is 14.0. The molecule has 2 aliphatic heterocycles. The first-order valence-corrected chi connectivity index (χ1v) is 22.9. The van der Waals surface area contributed by atoms with Gasteiger partial charge in [0.05, 0.1) is 39.9 Å². The van der Waals surface area contributed by atoms with E-state index in [0.29, 0.717) is 30.2 Å². The first-order chi connectivity index (χ1) is 30.7. The number of aromatic amines is 1. The summed E-state index contributed by atoms with van der Waals surface area (Å²) in [6.45, 7) is 8.53. The quantitative estimate of drug-likeness (QED) is 0.0938. The van der Waals surface area contributed by atoms with Crippen LogP contribution in [0.25, 0.3) is 16.6 Å². The van der Waals surface area contributed by atoms with E-state index in [4.69, 9.17) is 21.1 Å². The van der Waals surface area contributed by atoms with Gasteiger partial charge in [0.1, 0.15) is 28.7 Å². The second-order valence-electron chi connectivity index (χ2n) is 17.3. The Bertz CT molecular complexity index is 2920. The minimum absolute atomic E-state index is 0.0112. The molecule has 0 unspecified atom stereocenters. The molecule has 0 bridgehead atoms. The number of benzene rings is 3. The highest BCUT2D eigenvalue weighted by Gasteiger charge is 2.34. The van der Waals surface area contributed by atoms with Gasteiger partial charge in [-0.05, 0) is 90.8 Å². The van der Waals surface area contributed by atoms with Crippen molar-refractivity contribution in [2.24, 2.45) is 5.41 Å². The van der Waals surface area contributed by atoms with E-state index < -0.39 is 43.2 Å². The summed E-state index contributed by atoms with van der Waals surface area (Å²) in [6.07, 6.45) is 7.55. The Labute approximate surface area is 374 Å². The lowest BCUT2D eigenvalue weighted by Gasteiger charge is -2.39. The number of halogens is 2. The van der Waals surface area contributed by atoms with Gasteiger partial charge in [-0.15, -0.1) is 0 Å². The molecular formula is C47H45ClFN7O7S. The van der Waals surface area contributed by atoms with Crippen molar-refractivity contribution < 1.29 is 32.0 Å². The van der Waals surface area contributed by atoms with E-state index in [1.54, 1.807) is 24.4 Å². The summed E-state index contributed by atoms with van der Waals surface area (Å²) < 4.78 is 55.6. The van der Waals surface area contributed by atoms with Gasteiger partial charge in [-0.3, -0.25) is 24.8 Å². The number of nitro benzene ring substituents is 1. The number of carbonyl (C=O) groups is 1. The van der Waals surface area contributed by atoms with Gasteiger partial charge in [-0.1, -0.05) is 43.2 Å². The molecule has 2 N–H and O–H groups in total. The van der Waals surface area contributed by atoms with Crippen molar-refractivity contribution in [1.82, 2.24) is 24.6 Å². The summed E-state index contributed by atoms with van der Waals surface area (Å²) in [6, 6.07) is 21.5. The zero-order valence-electron chi connectivity index (χ0n) is 35.1. The first-order valence-electron chi connectivity index (χ1n) is 21.0. The molecule has 1 saturated heterocycles. The van der Waals surface area contributed by atoms with Crippen LogP contribution in [0.5, 0.6) is 17.2 Å². The number of ether oxygens (including phenoxy) is 2. The van der Waals surface area contributed by atoms with Crippen LogP contribution in [0, 0.1) is 21.3 Å². The van der Waals surface area contributed by atoms with Gasteiger partial charge in [-0.25, -0.2) is 22.5 Å². The Morgan fingerprint density at radius 3 is 2.58 bits per heavy atom. The Kier molecular flexibility index (Phi) is 11.6. The number of nitro groups is 1. The molecule has 330 valence electrons. The lowest BCUT2D eigenvalue weighted by Crippen LogP contribution is -2.47. The molecule has 5 heterocycles. The average molecular weight is 906 g/mol. The molecule has 0 saturated carbocycles. The third kappa shape index (κ3) is 9.16. The number of carbonyl (C=O) groups excluding carboxylic acids is 1. The molecule has 17 heteroatoms. The van der Waals surface area contributed by atoms with Crippen molar-refractivity contribution in [3.8, 4) is 17.2 Å². The Hall–Kier alpha value is -6.36. The molecule has 64 heavy (non-hydrogen) atoms. The van der Waals surface area contributed by atoms with Gasteiger partial charge in [0.25, 0.3) is 21.6 Å². The van der Waals surface area contributed by atoms with Gasteiger partial charge >= 0.3 is 0 Å². The van der Waals surface area contributed by atoms with Gasteiger partial charge in [-0.2, -0.15) is 0 Å². The van der Waals surface area contributed by atoms with E-state index in [1.807, 2.05) is 18.2 Å². The molecule has 3 aromatic heterocycles. The van der Waals surface area contributed by atoms with Crippen LogP contribution >= 0.6 is 11.6 Å². The van der Waals surface area contributed by atoms with E-state index in [2.05, 4.69) is 55.5 Å². The van der Waals surface area contributed by atoms with Crippen LogP contribution < -0.4 is 19.1 Å². The largest absolute Gasteiger partial charge is 0.492 e. The summed E-state index contributed by atoms with van der Waals surface area (Å²) in [5.74, 6) is -1.57. The second kappa shape index (κ2) is 17.3. The SMILES string of the molecule is CC1(C)CCC(CN2CCN(c3ccc(C(=O)NS(=O)(=O)c4cc5c(c([N+](=O)[O-])c4)C[C@@H](c4ccc(F)cn4)CO5)c(Oc4cnc5[nH]ccc5c4)c3)CC2)=C(c2ccc(Cl)cc2)C1. The van der Waals surface area contributed by atoms with Crippen molar-refractivity contribution in [1.29, 1.82) is 0 Å². The maximum Gasteiger partial charge on any atom is 0.277 e. The zero-order chi connectivity index (χ0) is 44.8. The van der Waals surface area contributed by atoms with Crippen molar-refractivity contribution in [2.75, 3.05) is 44.2 Å². The maximum atomic E-state index is 14.0. The Morgan fingerprint density at radius 2 is 1.83 bits per heavy atom. The molecule has 1 aliphatic carbocycles. The highest BCUT2D eigenvalue weighted by molar-refractivity contribution is 7.90. The number of hydrogen-bond donors (Lipinski definition) is 2. The monoisotopic (exact) mass is 905 g/mol. The van der Waals surface area contributed by atoms with E-state index in [0.717, 1.165) is 73.3 Å². The summed E-state index contributed by atoms with van der Waals surface area (Å²) >= 11 is 6.24. The van der Waals surface area contributed by atoms with E-state index >= 15 is 0 Å². The minimum Gasteiger partial charge on any atom is -0.492 e. The molecule has 0 radical (unpaired) electrons. The molecule has 9 rings (SSSR count). The fraction of sp³-hybridized carbons (Fsp3) is 0.298. The number of H-pyrrole nitrogens is 1. The normalized spacial score (nSPS) is 17.8. The highest BCUT2D eigenvalue weighted by atomic mass is 35.5. The number of aromatic nitrogens is 3. The zero-order valence-corrected chi connectivity index (χ0v) is 36.7. The topological polar surface area (TPSA) is 173 Å². The molecule has 6 aromatic rings. The molecular weight excluding hydrogens is 861 g/mol. The second-order valence-corrected chi connectivity index (χ2v) is 19.4. The van der Waals surface area contributed by atoms with Crippen LogP contribution in [-0.2, 0) is 16.4 Å². The number of sulfonamides is 1. The van der Waals surface area contributed by atoms with E-state index in [-0.39, 0.29) is 41.1 Å². The number of rotatable bonds is 11. The fourth-order valence-corrected chi connectivity index (χ4v) is 9.92. The molecule has 14 nitrogen and oxygen atoms in total. The van der Waals surface area contributed by atoms with Gasteiger partial charge in [0.15, 0.2) is 0 Å². The lowest BCUT2D eigenvalue weighted by atomic mass is 9.72. The molecule has 1 amide bonds. The van der Waals surface area contributed by atoms with Gasteiger partial charge in [0.2, 0.25) is 0 Å². The standard InChI is InChI=1S/C47H45ClFN7O7S/c1-47(2)13-11-31(40(24-47)29-3-5-33(48)6-4-29)27-54-15-17-55(18-16-54)35-8-9-38(44(21-35)63-36-19-30-12-14-50-45(30)52-26-36)46(57)53-64(60,61)37-22-42(56(58)59)39-20-32(28-62-43(39)23-37)41-10-7-34(49)25-51-41/h3-10,12,14,19,21-23,25-26,32H,11,13,15-18,20,24,27-28H2,1-2H3,(H,50,52)(H,53,57)/t32-/m1/s1. The summed E-state index contributed by atoms with van der Waals surface area (Å²) in [5.41, 5.74) is 5.75. The number of anilines is 1. The average Bonchev–Trinajstić information content (AvgIpc) is 3.75. The molecule has 0 spiro atoms. The number of piperazine rings is 1. The first kappa shape index (κ1) is 42.9. The van der Waals surface area contributed by atoms with Gasteiger partial charge in [0, 0.05) is 84.8 Å². The number of nitrogens with one attached hydrogen (secondary N) is 2. The van der Waals surface area contributed by atoms with Crippen molar-refractivity contribution in [3.63, 3.8) is 0 Å². The number of hydrogen-bond acceptors (Lipinski definition) is 11. The van der Waals surface area contributed by atoms with Crippen molar-refractivity contribution >= 4 is 55.5 Å². The number of allylic oxidation sites excluding steroid dienone is 1. The number of amides is 1. The Morgan fingerprint density at radius 1 is 1.03 bits per heavy atom. The predicted octanol–water partition coefficient (Wildman–Crippen LogP) is 9.07. The lowest BCUT2D eigenvalue weighted by molar-refractivity contribution is -0.386. The summed E-state index contributed by atoms with van der Waals surface area (Å²) in [4.78, 5) is 41.3. The van der Waals surface area contributed by atoms with Crippen molar-refractivity contribution in [3.05, 3.63) is 146 Å². The molecule has 1 atom stereocenters. The van der Waals surface area contributed by atoms with Crippen LogP contribution in [0.4, 0.5) is 15.8 Å². The van der Waals surface area contributed by atoms with Crippen LogP contribution in [0.2, 0.25) is 5.02 Å². The summed E-state index contributed by atoms with van der Waals surface area (Å²) in [7, 11) is -4.69.